The highest BCUT2D eigenvalue weighted by Gasteiger charge is 2.13. The summed E-state index contributed by atoms with van der Waals surface area (Å²) in [4.78, 5) is 13.3. The van der Waals surface area contributed by atoms with E-state index in [1.807, 2.05) is 27.7 Å². The number of Topliss-reactive ketones (excluding diaryl/α,β-unsaturated/α-hetero) is 1. The lowest BCUT2D eigenvalue weighted by Crippen LogP contribution is -2.35. The average Bonchev–Trinajstić information content (AvgIpc) is 2.31. The number of hydrogen-bond acceptors (Lipinski definition) is 3. The minimum Gasteiger partial charge on any atom is -0.378 e. The summed E-state index contributed by atoms with van der Waals surface area (Å²) < 4.78 is 5.24. The number of ketones is 1. The fourth-order valence-corrected chi connectivity index (χ4v) is 1.39. The Morgan fingerprint density at radius 1 is 1.07 bits per heavy atom. The zero-order valence-electron chi connectivity index (χ0n) is 10.6. The summed E-state index contributed by atoms with van der Waals surface area (Å²) in [7, 11) is 0. The molecule has 0 aliphatic carbocycles. The van der Waals surface area contributed by atoms with Crippen LogP contribution in [0, 0.1) is 0 Å². The van der Waals surface area contributed by atoms with Crippen molar-refractivity contribution in [3.05, 3.63) is 11.3 Å². The van der Waals surface area contributed by atoms with E-state index in [-0.39, 0.29) is 5.78 Å². The van der Waals surface area contributed by atoms with E-state index in [9.17, 15) is 4.79 Å². The van der Waals surface area contributed by atoms with Crippen molar-refractivity contribution in [2.75, 3.05) is 26.3 Å². The first-order valence-corrected chi connectivity index (χ1v) is 5.64. The number of allylic oxidation sites excluding steroid dienone is 2. The van der Waals surface area contributed by atoms with Gasteiger partial charge in [0.1, 0.15) is 0 Å². The van der Waals surface area contributed by atoms with Gasteiger partial charge in [0.15, 0.2) is 5.78 Å². The van der Waals surface area contributed by atoms with Crippen LogP contribution in [-0.2, 0) is 9.53 Å². The number of morpholine rings is 1. The van der Waals surface area contributed by atoms with Crippen LogP contribution >= 0.6 is 0 Å². The fourth-order valence-electron chi connectivity index (χ4n) is 1.39. The molecule has 0 aromatic rings. The van der Waals surface area contributed by atoms with Gasteiger partial charge in [0.25, 0.3) is 0 Å². The topological polar surface area (TPSA) is 29.5 Å². The molecule has 0 amide bonds. The van der Waals surface area contributed by atoms with Crippen LogP contribution in [0.15, 0.2) is 11.3 Å². The summed E-state index contributed by atoms with van der Waals surface area (Å²) in [5, 5.41) is 0. The van der Waals surface area contributed by atoms with Crippen molar-refractivity contribution in [1.29, 1.82) is 0 Å². The molecular formula is C12H23NO2. The molecule has 1 aliphatic heterocycles. The molecule has 1 fully saturated rings. The first kappa shape index (κ1) is 14.2. The molecule has 3 nitrogen and oxygen atoms in total. The van der Waals surface area contributed by atoms with E-state index < -0.39 is 0 Å². The molecule has 0 aromatic carbocycles. The molecule has 0 saturated carbocycles. The maximum Gasteiger partial charge on any atom is 0.157 e. The van der Waals surface area contributed by atoms with Crippen molar-refractivity contribution >= 4 is 5.78 Å². The number of hydrogen-bond donors (Lipinski definition) is 0. The molecule has 88 valence electrons. The Morgan fingerprint density at radius 2 is 1.53 bits per heavy atom. The quantitative estimate of drug-likeness (QED) is 0.659. The Labute approximate surface area is 93.1 Å². The van der Waals surface area contributed by atoms with E-state index in [0.29, 0.717) is 0 Å². The van der Waals surface area contributed by atoms with Gasteiger partial charge in [-0.15, -0.1) is 0 Å². The highest BCUT2D eigenvalue weighted by molar-refractivity contribution is 5.93. The fraction of sp³-hybridized carbons (Fsp3) is 0.750. The van der Waals surface area contributed by atoms with Crippen LogP contribution in [-0.4, -0.2) is 37.0 Å². The van der Waals surface area contributed by atoms with E-state index in [2.05, 4.69) is 4.90 Å². The third-order valence-corrected chi connectivity index (χ3v) is 2.56. The molecule has 15 heavy (non-hydrogen) atoms. The van der Waals surface area contributed by atoms with Gasteiger partial charge >= 0.3 is 0 Å². The van der Waals surface area contributed by atoms with Crippen LogP contribution in [0.3, 0.4) is 0 Å². The smallest absolute Gasteiger partial charge is 0.157 e. The van der Waals surface area contributed by atoms with Crippen LogP contribution in [0.2, 0.25) is 0 Å². The molecule has 0 unspecified atom stereocenters. The van der Waals surface area contributed by atoms with Gasteiger partial charge in [0.2, 0.25) is 0 Å². The minimum absolute atomic E-state index is 0.156. The second-order valence-corrected chi connectivity index (χ2v) is 3.37. The predicted octanol–water partition coefficient (Wildman–Crippen LogP) is 2.23. The van der Waals surface area contributed by atoms with Gasteiger partial charge in [-0.2, -0.15) is 0 Å². The van der Waals surface area contributed by atoms with Crippen molar-refractivity contribution < 1.29 is 9.53 Å². The molecule has 1 rings (SSSR count). The largest absolute Gasteiger partial charge is 0.378 e. The van der Waals surface area contributed by atoms with Gasteiger partial charge in [-0.05, 0) is 20.8 Å². The van der Waals surface area contributed by atoms with Crippen molar-refractivity contribution in [2.24, 2.45) is 0 Å². The molecule has 0 bridgehead atoms. The van der Waals surface area contributed by atoms with Gasteiger partial charge in [0, 0.05) is 24.4 Å². The van der Waals surface area contributed by atoms with Gasteiger partial charge in [0.05, 0.1) is 13.2 Å². The molecule has 1 saturated heterocycles. The van der Waals surface area contributed by atoms with Crippen LogP contribution < -0.4 is 0 Å². The van der Waals surface area contributed by atoms with E-state index in [1.165, 1.54) is 0 Å². The third kappa shape index (κ3) is 4.47. The monoisotopic (exact) mass is 213 g/mol. The Kier molecular flexibility index (Phi) is 7.05. The number of carbonyl (C=O) groups excluding carboxylic acids is 1. The van der Waals surface area contributed by atoms with Crippen molar-refractivity contribution in [3.63, 3.8) is 0 Å². The molecule has 0 aromatic heterocycles. The molecule has 1 heterocycles. The molecule has 0 N–H and O–H groups in total. The minimum atomic E-state index is 0.156. The summed E-state index contributed by atoms with van der Waals surface area (Å²) in [5.74, 6) is 0.156. The zero-order valence-corrected chi connectivity index (χ0v) is 10.6. The van der Waals surface area contributed by atoms with Crippen molar-refractivity contribution in [2.45, 2.75) is 34.6 Å². The Balaban J connectivity index is 0.000000921. The van der Waals surface area contributed by atoms with Gasteiger partial charge in [-0.1, -0.05) is 13.8 Å². The molecule has 0 spiro atoms. The highest BCUT2D eigenvalue weighted by Crippen LogP contribution is 2.12. The molecule has 0 radical (unpaired) electrons. The van der Waals surface area contributed by atoms with E-state index in [4.69, 9.17) is 4.74 Å². The Morgan fingerprint density at radius 3 is 1.93 bits per heavy atom. The number of rotatable bonds is 2. The highest BCUT2D eigenvalue weighted by atomic mass is 16.5. The van der Waals surface area contributed by atoms with Gasteiger partial charge in [-0.25, -0.2) is 0 Å². The normalized spacial score (nSPS) is 17.5. The van der Waals surface area contributed by atoms with E-state index in [1.54, 1.807) is 6.92 Å². The summed E-state index contributed by atoms with van der Waals surface area (Å²) in [5.41, 5.74) is 1.96. The second kappa shape index (κ2) is 7.46. The first-order valence-electron chi connectivity index (χ1n) is 5.64. The van der Waals surface area contributed by atoms with Crippen LogP contribution in [0.5, 0.6) is 0 Å². The summed E-state index contributed by atoms with van der Waals surface area (Å²) in [6.07, 6.45) is 0. The van der Waals surface area contributed by atoms with Crippen LogP contribution in [0.4, 0.5) is 0 Å². The van der Waals surface area contributed by atoms with Gasteiger partial charge < -0.3 is 9.64 Å². The summed E-state index contributed by atoms with van der Waals surface area (Å²) in [6.45, 7) is 12.8. The molecule has 3 heteroatoms. The summed E-state index contributed by atoms with van der Waals surface area (Å²) >= 11 is 0. The Bertz CT molecular complexity index is 228. The lowest BCUT2D eigenvalue weighted by molar-refractivity contribution is -0.113. The SMILES string of the molecule is CC.CC(=O)/C(C)=C(\C)N1CCOCC1. The molecular weight excluding hydrogens is 190 g/mol. The van der Waals surface area contributed by atoms with Crippen molar-refractivity contribution in [3.8, 4) is 0 Å². The number of nitrogens with zero attached hydrogens (tertiary/aromatic N) is 1. The van der Waals surface area contributed by atoms with E-state index >= 15 is 0 Å². The maximum absolute atomic E-state index is 11.1. The second-order valence-electron chi connectivity index (χ2n) is 3.37. The first-order chi connectivity index (χ1) is 7.13. The lowest BCUT2D eigenvalue weighted by Gasteiger charge is -2.30. The number of carbonyl (C=O) groups is 1. The molecule has 0 atom stereocenters. The Hall–Kier alpha value is -0.830. The summed E-state index contributed by atoms with van der Waals surface area (Å²) in [6, 6.07) is 0. The lowest BCUT2D eigenvalue weighted by atomic mass is 10.1. The molecule has 1 aliphatic rings. The van der Waals surface area contributed by atoms with Crippen molar-refractivity contribution in [1.82, 2.24) is 4.90 Å². The number of ether oxygens (including phenoxy) is 1. The van der Waals surface area contributed by atoms with Crippen LogP contribution in [0.1, 0.15) is 34.6 Å². The third-order valence-electron chi connectivity index (χ3n) is 2.56. The van der Waals surface area contributed by atoms with E-state index in [0.717, 1.165) is 37.6 Å². The average molecular weight is 213 g/mol. The maximum atomic E-state index is 11.1. The zero-order chi connectivity index (χ0) is 11.8. The van der Waals surface area contributed by atoms with Gasteiger partial charge in [-0.3, -0.25) is 4.79 Å². The predicted molar refractivity (Wildman–Crippen MR) is 62.8 cm³/mol. The standard InChI is InChI=1S/C10H17NO2.C2H6/c1-8(10(3)12)9(2)11-4-6-13-7-5-11;1-2/h4-7H2,1-3H3;1-2H3/b9-8+;. The van der Waals surface area contributed by atoms with Crippen LogP contribution in [0.25, 0.3) is 0 Å².